The van der Waals surface area contributed by atoms with Crippen LogP contribution < -0.4 is 5.73 Å². The summed E-state index contributed by atoms with van der Waals surface area (Å²) in [5, 5.41) is 6.93. The Kier molecular flexibility index (Phi) is 6.71. The molecule has 0 amide bonds. The van der Waals surface area contributed by atoms with Gasteiger partial charge in [-0.3, -0.25) is 5.41 Å². The van der Waals surface area contributed by atoms with Gasteiger partial charge in [-0.1, -0.05) is 12.8 Å². The van der Waals surface area contributed by atoms with Gasteiger partial charge in [0.1, 0.15) is 0 Å². The van der Waals surface area contributed by atoms with Crippen molar-refractivity contribution in [2.24, 2.45) is 5.73 Å². The molecule has 0 aliphatic rings. The van der Waals surface area contributed by atoms with E-state index in [4.69, 9.17) is 22.7 Å². The third kappa shape index (κ3) is 7.76. The molecule has 0 aliphatic carbocycles. The first-order valence-electron chi connectivity index (χ1n) is 3.66. The second kappa shape index (κ2) is 6.87. The van der Waals surface area contributed by atoms with Gasteiger partial charge in [0.05, 0.1) is 5.84 Å². The molecule has 3 heteroatoms. The van der Waals surface area contributed by atoms with Crippen LogP contribution in [0.3, 0.4) is 0 Å². The molecule has 10 heavy (non-hydrogen) atoms. The maximum absolute atomic E-state index is 6.93. The van der Waals surface area contributed by atoms with Gasteiger partial charge >= 0.3 is 0 Å². The van der Waals surface area contributed by atoms with Crippen molar-refractivity contribution in [1.29, 1.82) is 5.41 Å². The van der Waals surface area contributed by atoms with Gasteiger partial charge < -0.3 is 5.73 Å². The van der Waals surface area contributed by atoms with Crippen LogP contribution in [0.15, 0.2) is 0 Å². The molecule has 0 aromatic rings. The third-order valence-corrected chi connectivity index (χ3v) is 1.60. The van der Waals surface area contributed by atoms with Crippen molar-refractivity contribution in [1.82, 2.24) is 0 Å². The van der Waals surface area contributed by atoms with Gasteiger partial charge in [-0.2, -0.15) is 0 Å². The molecule has 0 bridgehead atoms. The van der Waals surface area contributed by atoms with Crippen LogP contribution in [-0.4, -0.2) is 11.7 Å². The average molecular weight is 163 g/mol. The molecule has 0 atom stereocenters. The predicted octanol–water partition coefficient (Wildman–Crippen LogP) is 2.11. The molecule has 0 rings (SSSR count). The van der Waals surface area contributed by atoms with E-state index in [0.717, 1.165) is 38.0 Å². The zero-order valence-electron chi connectivity index (χ0n) is 6.20. The molecule has 3 N–H and O–H groups in total. The minimum atomic E-state index is 0.297. The van der Waals surface area contributed by atoms with Gasteiger partial charge in [0, 0.05) is 12.3 Å². The first-order valence-corrected chi connectivity index (χ1v) is 4.19. The van der Waals surface area contributed by atoms with Crippen LogP contribution in [0.5, 0.6) is 0 Å². The van der Waals surface area contributed by atoms with Gasteiger partial charge in [-0.25, -0.2) is 0 Å². The number of amidine groups is 1. The van der Waals surface area contributed by atoms with Crippen LogP contribution in [0.4, 0.5) is 0 Å². The van der Waals surface area contributed by atoms with E-state index in [1.807, 2.05) is 0 Å². The third-order valence-electron chi connectivity index (χ3n) is 1.33. The maximum Gasteiger partial charge on any atom is 0.0905 e. The Morgan fingerprint density at radius 2 is 1.80 bits per heavy atom. The Labute approximate surface area is 67.3 Å². The number of unbranched alkanes of at least 4 members (excludes halogenated alkanes) is 3. The highest BCUT2D eigenvalue weighted by Gasteiger charge is 1.90. The monoisotopic (exact) mass is 162 g/mol. The van der Waals surface area contributed by atoms with E-state index in [1.165, 1.54) is 0 Å². The number of alkyl halides is 1. The van der Waals surface area contributed by atoms with E-state index in [-0.39, 0.29) is 0 Å². The van der Waals surface area contributed by atoms with Crippen molar-refractivity contribution in [2.75, 3.05) is 5.88 Å². The summed E-state index contributed by atoms with van der Waals surface area (Å²) in [5.74, 6) is 1.05. The maximum atomic E-state index is 6.93. The number of rotatable bonds is 6. The lowest BCUT2D eigenvalue weighted by Crippen LogP contribution is -2.08. The molecule has 60 valence electrons. The zero-order chi connectivity index (χ0) is 7.82. The van der Waals surface area contributed by atoms with Crippen LogP contribution in [-0.2, 0) is 0 Å². The van der Waals surface area contributed by atoms with Crippen molar-refractivity contribution in [2.45, 2.75) is 32.1 Å². The predicted molar refractivity (Wildman–Crippen MR) is 45.7 cm³/mol. The van der Waals surface area contributed by atoms with Crippen molar-refractivity contribution in [3.63, 3.8) is 0 Å². The van der Waals surface area contributed by atoms with Crippen molar-refractivity contribution >= 4 is 17.4 Å². The van der Waals surface area contributed by atoms with Gasteiger partial charge in [-0.15, -0.1) is 11.6 Å². The van der Waals surface area contributed by atoms with Gasteiger partial charge in [0.25, 0.3) is 0 Å². The quantitative estimate of drug-likeness (QED) is 0.267. The zero-order valence-corrected chi connectivity index (χ0v) is 6.95. The Morgan fingerprint density at radius 3 is 2.30 bits per heavy atom. The molecule has 0 spiro atoms. The molecule has 0 aromatic carbocycles. The molecule has 0 saturated heterocycles. The van der Waals surface area contributed by atoms with E-state index >= 15 is 0 Å². The standard InChI is InChI=1S/C7H15ClN2/c8-6-4-2-1-3-5-7(9)10/h1-6H2,(H3,9,10). The Hall–Kier alpha value is -0.240. The minimum Gasteiger partial charge on any atom is -0.388 e. The summed E-state index contributed by atoms with van der Waals surface area (Å²) < 4.78 is 0. The smallest absolute Gasteiger partial charge is 0.0905 e. The second-order valence-electron chi connectivity index (χ2n) is 2.38. The van der Waals surface area contributed by atoms with Crippen LogP contribution in [0.2, 0.25) is 0 Å². The highest BCUT2D eigenvalue weighted by Crippen LogP contribution is 2.02. The topological polar surface area (TPSA) is 49.9 Å². The van der Waals surface area contributed by atoms with Crippen LogP contribution in [0, 0.1) is 5.41 Å². The Morgan fingerprint density at radius 1 is 1.20 bits per heavy atom. The number of nitrogens with two attached hydrogens (primary N) is 1. The molecule has 0 aliphatic heterocycles. The van der Waals surface area contributed by atoms with E-state index in [0.29, 0.717) is 5.84 Å². The average Bonchev–Trinajstić information content (AvgIpc) is 1.87. The van der Waals surface area contributed by atoms with Gasteiger partial charge in [-0.05, 0) is 12.8 Å². The van der Waals surface area contributed by atoms with Crippen LogP contribution in [0.25, 0.3) is 0 Å². The number of hydrogen-bond donors (Lipinski definition) is 2. The summed E-state index contributed by atoms with van der Waals surface area (Å²) in [6.07, 6.45) is 5.16. The molecule has 0 radical (unpaired) electrons. The van der Waals surface area contributed by atoms with E-state index in [1.54, 1.807) is 0 Å². The molecule has 0 unspecified atom stereocenters. The largest absolute Gasteiger partial charge is 0.388 e. The summed E-state index contributed by atoms with van der Waals surface area (Å²) in [5.41, 5.74) is 5.16. The normalized spacial score (nSPS) is 9.70. The summed E-state index contributed by atoms with van der Waals surface area (Å²) >= 11 is 5.48. The molecular weight excluding hydrogens is 148 g/mol. The summed E-state index contributed by atoms with van der Waals surface area (Å²) in [7, 11) is 0. The van der Waals surface area contributed by atoms with E-state index in [2.05, 4.69) is 0 Å². The summed E-state index contributed by atoms with van der Waals surface area (Å²) in [6.45, 7) is 0. The lowest BCUT2D eigenvalue weighted by molar-refractivity contribution is 0.683. The summed E-state index contributed by atoms with van der Waals surface area (Å²) in [6, 6.07) is 0. The SMILES string of the molecule is N=C(N)CCCCCCCl. The molecule has 0 aromatic heterocycles. The first-order chi connectivity index (χ1) is 4.77. The first kappa shape index (κ1) is 9.76. The molecule has 0 saturated carbocycles. The highest BCUT2D eigenvalue weighted by molar-refractivity contribution is 6.17. The minimum absolute atomic E-state index is 0.297. The van der Waals surface area contributed by atoms with Crippen LogP contribution >= 0.6 is 11.6 Å². The molecular formula is C7H15ClN2. The fourth-order valence-electron chi connectivity index (χ4n) is 0.763. The van der Waals surface area contributed by atoms with Crippen molar-refractivity contribution in [3.8, 4) is 0 Å². The fraction of sp³-hybridized carbons (Fsp3) is 0.857. The number of nitrogens with one attached hydrogen (secondary N) is 1. The fourth-order valence-corrected chi connectivity index (χ4v) is 0.952. The Balaban J connectivity index is 2.84. The molecule has 0 heterocycles. The van der Waals surface area contributed by atoms with Crippen LogP contribution in [0.1, 0.15) is 32.1 Å². The lowest BCUT2D eigenvalue weighted by atomic mass is 10.1. The molecule has 0 fully saturated rings. The van der Waals surface area contributed by atoms with Crippen molar-refractivity contribution < 1.29 is 0 Å². The summed E-state index contributed by atoms with van der Waals surface area (Å²) in [4.78, 5) is 0. The van der Waals surface area contributed by atoms with E-state index < -0.39 is 0 Å². The van der Waals surface area contributed by atoms with Gasteiger partial charge in [0.2, 0.25) is 0 Å². The lowest BCUT2D eigenvalue weighted by Gasteiger charge is -1.96. The number of halogens is 1. The van der Waals surface area contributed by atoms with Crippen molar-refractivity contribution in [3.05, 3.63) is 0 Å². The van der Waals surface area contributed by atoms with E-state index in [9.17, 15) is 0 Å². The highest BCUT2D eigenvalue weighted by atomic mass is 35.5. The second-order valence-corrected chi connectivity index (χ2v) is 2.76. The molecule has 2 nitrogen and oxygen atoms in total. The van der Waals surface area contributed by atoms with Gasteiger partial charge in [0.15, 0.2) is 0 Å². The number of hydrogen-bond acceptors (Lipinski definition) is 1. The Bertz CT molecular complexity index is 93.6.